The Hall–Kier alpha value is -1.86. The number of methoxy groups -OCH3 is 1. The van der Waals surface area contributed by atoms with Gasteiger partial charge in [0.2, 0.25) is 0 Å². The normalized spacial score (nSPS) is 11.8. The van der Waals surface area contributed by atoms with Crippen LogP contribution in [0.3, 0.4) is 0 Å². The Morgan fingerprint density at radius 1 is 1.48 bits per heavy atom. The van der Waals surface area contributed by atoms with Crippen molar-refractivity contribution >= 4 is 23.5 Å². The molecule has 0 fully saturated rings. The second-order valence-electron chi connectivity index (χ2n) is 4.10. The minimum Gasteiger partial charge on any atom is -0.482 e. The van der Waals surface area contributed by atoms with Gasteiger partial charge in [-0.3, -0.25) is 4.79 Å². The number of carboxylic acid groups (broad SMARTS) is 1. The molecule has 2 N–H and O–H groups in total. The molecule has 6 nitrogen and oxygen atoms in total. The number of rotatable bonds is 8. The largest absolute Gasteiger partial charge is 0.482 e. The van der Waals surface area contributed by atoms with Crippen molar-refractivity contribution in [2.24, 2.45) is 0 Å². The lowest BCUT2D eigenvalue weighted by molar-refractivity contribution is -0.142. The van der Waals surface area contributed by atoms with E-state index in [4.69, 9.17) is 26.2 Å². The summed E-state index contributed by atoms with van der Waals surface area (Å²) < 4.78 is 22.7. The highest BCUT2D eigenvalue weighted by atomic mass is 35.5. The number of carbonyl (C=O) groups excluding carboxylic acids is 1. The van der Waals surface area contributed by atoms with Crippen LogP contribution in [0.1, 0.15) is 6.42 Å². The van der Waals surface area contributed by atoms with E-state index in [2.05, 4.69) is 5.32 Å². The van der Waals surface area contributed by atoms with Gasteiger partial charge in [-0.2, -0.15) is 0 Å². The maximum Gasteiger partial charge on any atom is 0.326 e. The minimum atomic E-state index is -1.17. The van der Waals surface area contributed by atoms with Crippen LogP contribution in [0.25, 0.3) is 0 Å². The molecule has 1 amide bonds. The number of ether oxygens (including phenoxy) is 2. The molecule has 0 saturated heterocycles. The standard InChI is InChI=1S/C13H15ClFNO5/c1-20-5-4-10(13(18)19)16-12(17)7-21-11-3-2-8(15)6-9(11)14/h2-3,6,10H,4-5,7H2,1H3,(H,16,17)(H,18,19). The monoisotopic (exact) mass is 319 g/mol. The molecule has 116 valence electrons. The molecule has 0 aliphatic carbocycles. The number of amides is 1. The fourth-order valence-electron chi connectivity index (χ4n) is 1.46. The van der Waals surface area contributed by atoms with E-state index in [0.29, 0.717) is 0 Å². The van der Waals surface area contributed by atoms with Crippen LogP contribution in [0.2, 0.25) is 5.02 Å². The highest BCUT2D eigenvalue weighted by Gasteiger charge is 2.19. The molecule has 0 aliphatic rings. The summed E-state index contributed by atoms with van der Waals surface area (Å²) in [6.07, 6.45) is 0.134. The summed E-state index contributed by atoms with van der Waals surface area (Å²) in [6, 6.07) is 2.40. The summed E-state index contributed by atoms with van der Waals surface area (Å²) in [6.45, 7) is -0.232. The van der Waals surface area contributed by atoms with Crippen molar-refractivity contribution in [3.8, 4) is 5.75 Å². The maximum absolute atomic E-state index is 12.8. The van der Waals surface area contributed by atoms with Crippen molar-refractivity contribution in [1.82, 2.24) is 5.32 Å². The van der Waals surface area contributed by atoms with E-state index in [1.807, 2.05) is 0 Å². The summed E-state index contributed by atoms with van der Waals surface area (Å²) in [4.78, 5) is 22.5. The molecule has 0 bridgehead atoms. The summed E-state index contributed by atoms with van der Waals surface area (Å²) >= 11 is 5.73. The smallest absolute Gasteiger partial charge is 0.326 e. The molecule has 1 unspecified atom stereocenters. The van der Waals surface area contributed by atoms with Gasteiger partial charge in [-0.15, -0.1) is 0 Å². The lowest BCUT2D eigenvalue weighted by Crippen LogP contribution is -2.43. The van der Waals surface area contributed by atoms with Crippen LogP contribution < -0.4 is 10.1 Å². The molecular weight excluding hydrogens is 305 g/mol. The number of halogens is 2. The number of aliphatic carboxylic acids is 1. The molecule has 0 radical (unpaired) electrons. The summed E-state index contributed by atoms with van der Waals surface area (Å²) in [5, 5.41) is 11.3. The maximum atomic E-state index is 12.8. The number of benzene rings is 1. The molecule has 1 atom stereocenters. The van der Waals surface area contributed by atoms with Crippen LogP contribution in [0.5, 0.6) is 5.75 Å². The van der Waals surface area contributed by atoms with Crippen LogP contribution in [-0.4, -0.2) is 43.3 Å². The van der Waals surface area contributed by atoms with E-state index in [1.54, 1.807) is 0 Å². The van der Waals surface area contributed by atoms with Crippen LogP contribution in [0, 0.1) is 5.82 Å². The second kappa shape index (κ2) is 8.43. The van der Waals surface area contributed by atoms with E-state index in [1.165, 1.54) is 13.2 Å². The van der Waals surface area contributed by atoms with Gasteiger partial charge in [0.05, 0.1) is 5.02 Å². The van der Waals surface area contributed by atoms with Crippen LogP contribution in [0.15, 0.2) is 18.2 Å². The van der Waals surface area contributed by atoms with E-state index in [9.17, 15) is 14.0 Å². The highest BCUT2D eigenvalue weighted by molar-refractivity contribution is 6.32. The molecule has 0 aliphatic heterocycles. The third-order valence-electron chi connectivity index (χ3n) is 2.50. The molecule has 0 saturated carbocycles. The Morgan fingerprint density at radius 3 is 2.76 bits per heavy atom. The van der Waals surface area contributed by atoms with Gasteiger partial charge in [-0.05, 0) is 18.2 Å². The first kappa shape index (κ1) is 17.2. The van der Waals surface area contributed by atoms with Crippen LogP contribution in [0.4, 0.5) is 4.39 Å². The Kier molecular flexibility index (Phi) is 6.90. The van der Waals surface area contributed by atoms with Gasteiger partial charge in [-0.25, -0.2) is 9.18 Å². The molecular formula is C13H15ClFNO5. The molecule has 0 spiro atoms. The van der Waals surface area contributed by atoms with Crippen LogP contribution in [-0.2, 0) is 14.3 Å². The molecule has 0 aromatic heterocycles. The zero-order valence-corrected chi connectivity index (χ0v) is 12.0. The minimum absolute atomic E-state index is 0.0250. The van der Waals surface area contributed by atoms with Gasteiger partial charge >= 0.3 is 5.97 Å². The topological polar surface area (TPSA) is 84.9 Å². The molecule has 8 heteroatoms. The van der Waals surface area contributed by atoms with Crippen molar-refractivity contribution in [3.05, 3.63) is 29.0 Å². The Bertz CT molecular complexity index is 511. The van der Waals surface area contributed by atoms with Gasteiger partial charge in [0.15, 0.2) is 6.61 Å². The first-order valence-electron chi connectivity index (χ1n) is 6.03. The van der Waals surface area contributed by atoms with Crippen molar-refractivity contribution < 1.29 is 28.6 Å². The van der Waals surface area contributed by atoms with Gasteiger partial charge < -0.3 is 19.9 Å². The fraction of sp³-hybridized carbons (Fsp3) is 0.385. The number of carbonyl (C=O) groups is 2. The third kappa shape index (κ3) is 5.97. The third-order valence-corrected chi connectivity index (χ3v) is 2.79. The lowest BCUT2D eigenvalue weighted by Gasteiger charge is -2.14. The summed E-state index contributed by atoms with van der Waals surface area (Å²) in [5.74, 6) is -2.18. The van der Waals surface area contributed by atoms with Crippen molar-refractivity contribution in [2.75, 3.05) is 20.3 Å². The average molecular weight is 320 g/mol. The molecule has 1 aromatic carbocycles. The predicted octanol–water partition coefficient (Wildman–Crippen LogP) is 1.46. The number of carboxylic acids is 1. The number of nitrogens with one attached hydrogen (secondary N) is 1. The fourth-order valence-corrected chi connectivity index (χ4v) is 1.69. The van der Waals surface area contributed by atoms with Gasteiger partial charge in [-0.1, -0.05) is 11.6 Å². The second-order valence-corrected chi connectivity index (χ2v) is 4.51. The predicted molar refractivity (Wildman–Crippen MR) is 73.0 cm³/mol. The molecule has 21 heavy (non-hydrogen) atoms. The Balaban J connectivity index is 2.50. The van der Waals surface area contributed by atoms with Crippen molar-refractivity contribution in [2.45, 2.75) is 12.5 Å². The zero-order valence-electron chi connectivity index (χ0n) is 11.3. The van der Waals surface area contributed by atoms with Crippen molar-refractivity contribution in [1.29, 1.82) is 0 Å². The number of hydrogen-bond donors (Lipinski definition) is 2. The van der Waals surface area contributed by atoms with Gasteiger partial charge in [0.25, 0.3) is 5.91 Å². The van der Waals surface area contributed by atoms with Gasteiger partial charge in [0, 0.05) is 20.1 Å². The van der Waals surface area contributed by atoms with Crippen LogP contribution >= 0.6 is 11.6 Å². The van der Waals surface area contributed by atoms with E-state index >= 15 is 0 Å². The molecule has 1 aromatic rings. The highest BCUT2D eigenvalue weighted by Crippen LogP contribution is 2.24. The quantitative estimate of drug-likeness (QED) is 0.758. The molecule has 0 heterocycles. The first-order valence-corrected chi connectivity index (χ1v) is 6.40. The summed E-state index contributed by atoms with van der Waals surface area (Å²) in [7, 11) is 1.43. The zero-order chi connectivity index (χ0) is 15.8. The Labute approximate surface area is 125 Å². The van der Waals surface area contributed by atoms with E-state index in [0.717, 1.165) is 12.1 Å². The van der Waals surface area contributed by atoms with E-state index < -0.39 is 30.3 Å². The Morgan fingerprint density at radius 2 is 2.19 bits per heavy atom. The summed E-state index contributed by atoms with van der Waals surface area (Å²) in [5.41, 5.74) is 0. The van der Waals surface area contributed by atoms with E-state index in [-0.39, 0.29) is 23.8 Å². The first-order chi connectivity index (χ1) is 9.93. The SMILES string of the molecule is COCCC(NC(=O)COc1ccc(F)cc1Cl)C(=O)O. The average Bonchev–Trinajstić information content (AvgIpc) is 2.42. The van der Waals surface area contributed by atoms with Gasteiger partial charge in [0.1, 0.15) is 17.6 Å². The molecule has 1 rings (SSSR count). The van der Waals surface area contributed by atoms with Crippen molar-refractivity contribution in [3.63, 3.8) is 0 Å². The number of hydrogen-bond acceptors (Lipinski definition) is 4. The lowest BCUT2D eigenvalue weighted by atomic mass is 10.2.